The Bertz CT molecular complexity index is 339. The summed E-state index contributed by atoms with van der Waals surface area (Å²) in [6.07, 6.45) is 5.12. The highest BCUT2D eigenvalue weighted by molar-refractivity contribution is 5.22. The van der Waals surface area contributed by atoms with E-state index in [1.54, 1.807) is 0 Å². The molecule has 0 spiro atoms. The summed E-state index contributed by atoms with van der Waals surface area (Å²) in [6.45, 7) is 5.67. The Kier molecular flexibility index (Phi) is 5.21. The van der Waals surface area contributed by atoms with Crippen LogP contribution in [0.1, 0.15) is 37.3 Å². The van der Waals surface area contributed by atoms with Gasteiger partial charge in [-0.05, 0) is 56.9 Å². The van der Waals surface area contributed by atoms with Crippen LogP contribution in [0, 0.1) is 0 Å². The fourth-order valence-corrected chi connectivity index (χ4v) is 2.65. The fourth-order valence-electron chi connectivity index (χ4n) is 2.65. The number of hydrogen-bond donors (Lipinski definition) is 1. The van der Waals surface area contributed by atoms with Crippen molar-refractivity contribution in [3.8, 4) is 0 Å². The third-order valence-electron chi connectivity index (χ3n) is 3.91. The maximum Gasteiger partial charge on any atom is 0.0230 e. The lowest BCUT2D eigenvalue weighted by Crippen LogP contribution is -2.28. The molecular formula is C16H26N2. The van der Waals surface area contributed by atoms with E-state index in [9.17, 15) is 0 Å². The van der Waals surface area contributed by atoms with Crippen molar-refractivity contribution in [2.24, 2.45) is 0 Å². The molecule has 18 heavy (non-hydrogen) atoms. The fraction of sp³-hybridized carbons (Fsp3) is 0.625. The summed E-state index contributed by atoms with van der Waals surface area (Å²) in [5.41, 5.74) is 2.85. The van der Waals surface area contributed by atoms with Gasteiger partial charge in [-0.25, -0.2) is 0 Å². The van der Waals surface area contributed by atoms with E-state index in [4.69, 9.17) is 0 Å². The van der Waals surface area contributed by atoms with Gasteiger partial charge in [0.25, 0.3) is 0 Å². The van der Waals surface area contributed by atoms with Crippen molar-refractivity contribution in [1.82, 2.24) is 10.2 Å². The first-order valence-corrected chi connectivity index (χ1v) is 7.27. The molecule has 1 unspecified atom stereocenters. The van der Waals surface area contributed by atoms with Crippen LogP contribution in [0.25, 0.3) is 0 Å². The number of nitrogens with one attached hydrogen (secondary N) is 1. The van der Waals surface area contributed by atoms with Crippen molar-refractivity contribution in [2.75, 3.05) is 20.1 Å². The molecule has 0 saturated carbocycles. The Morgan fingerprint density at radius 3 is 2.56 bits per heavy atom. The van der Waals surface area contributed by atoms with Crippen LogP contribution in [0.3, 0.4) is 0 Å². The minimum absolute atomic E-state index is 0.759. The van der Waals surface area contributed by atoms with E-state index >= 15 is 0 Å². The molecular weight excluding hydrogens is 220 g/mol. The zero-order chi connectivity index (χ0) is 12.8. The molecule has 1 aliphatic rings. The third-order valence-corrected chi connectivity index (χ3v) is 3.91. The molecule has 2 heteroatoms. The van der Waals surface area contributed by atoms with E-state index in [0.717, 1.165) is 19.0 Å². The van der Waals surface area contributed by atoms with Gasteiger partial charge in [-0.3, -0.25) is 0 Å². The van der Waals surface area contributed by atoms with Crippen LogP contribution in [0.5, 0.6) is 0 Å². The van der Waals surface area contributed by atoms with Crippen LogP contribution in [0.4, 0.5) is 0 Å². The first-order valence-electron chi connectivity index (χ1n) is 7.27. The standard InChI is InChI=1S/C16H26N2/c1-3-14-6-8-15(9-7-14)13-18(2)12-10-16-5-4-11-17-16/h6-9,16-17H,3-5,10-13H2,1-2H3. The first kappa shape index (κ1) is 13.6. The SMILES string of the molecule is CCc1ccc(CN(C)CCC2CCCN2)cc1. The molecule has 1 N–H and O–H groups in total. The molecule has 2 rings (SSSR count). The predicted molar refractivity (Wildman–Crippen MR) is 77.8 cm³/mol. The van der Waals surface area contributed by atoms with Crippen LogP contribution in [-0.2, 0) is 13.0 Å². The summed E-state index contributed by atoms with van der Waals surface area (Å²) >= 11 is 0. The Balaban J connectivity index is 1.73. The molecule has 0 amide bonds. The van der Waals surface area contributed by atoms with E-state index in [2.05, 4.69) is 48.5 Å². The molecule has 0 aromatic heterocycles. The Hall–Kier alpha value is -0.860. The van der Waals surface area contributed by atoms with Gasteiger partial charge in [0, 0.05) is 12.6 Å². The van der Waals surface area contributed by atoms with Crippen molar-refractivity contribution in [1.29, 1.82) is 0 Å². The summed E-state index contributed by atoms with van der Waals surface area (Å²) in [5, 5.41) is 3.56. The van der Waals surface area contributed by atoms with Crippen molar-refractivity contribution < 1.29 is 0 Å². The number of benzene rings is 1. The maximum atomic E-state index is 3.56. The summed E-state index contributed by atoms with van der Waals surface area (Å²) in [7, 11) is 2.22. The number of rotatable bonds is 6. The average Bonchev–Trinajstić information content (AvgIpc) is 2.90. The van der Waals surface area contributed by atoms with Gasteiger partial charge in [-0.15, -0.1) is 0 Å². The lowest BCUT2D eigenvalue weighted by atomic mass is 10.1. The average molecular weight is 246 g/mol. The summed E-state index contributed by atoms with van der Waals surface area (Å²) in [6, 6.07) is 9.80. The normalized spacial score (nSPS) is 19.6. The van der Waals surface area contributed by atoms with Gasteiger partial charge in [0.15, 0.2) is 0 Å². The minimum Gasteiger partial charge on any atom is -0.314 e. The lowest BCUT2D eigenvalue weighted by Gasteiger charge is -2.19. The van der Waals surface area contributed by atoms with Crippen LogP contribution in [0.2, 0.25) is 0 Å². The molecule has 0 radical (unpaired) electrons. The largest absolute Gasteiger partial charge is 0.314 e. The van der Waals surface area contributed by atoms with Gasteiger partial charge < -0.3 is 10.2 Å². The highest BCUT2D eigenvalue weighted by Gasteiger charge is 2.14. The van der Waals surface area contributed by atoms with E-state index in [1.807, 2.05) is 0 Å². The minimum atomic E-state index is 0.759. The van der Waals surface area contributed by atoms with Gasteiger partial charge in [-0.2, -0.15) is 0 Å². The Morgan fingerprint density at radius 1 is 1.22 bits per heavy atom. The molecule has 1 aromatic rings. The van der Waals surface area contributed by atoms with Gasteiger partial charge in [0.05, 0.1) is 0 Å². The molecule has 100 valence electrons. The van der Waals surface area contributed by atoms with Crippen LogP contribution in [0.15, 0.2) is 24.3 Å². The second kappa shape index (κ2) is 6.91. The lowest BCUT2D eigenvalue weighted by molar-refractivity contribution is 0.305. The molecule has 1 fully saturated rings. The Labute approximate surface area is 111 Å². The Morgan fingerprint density at radius 2 is 1.94 bits per heavy atom. The number of hydrogen-bond acceptors (Lipinski definition) is 2. The smallest absolute Gasteiger partial charge is 0.0230 e. The third kappa shape index (κ3) is 4.11. The predicted octanol–water partition coefficient (Wildman–Crippen LogP) is 2.82. The van der Waals surface area contributed by atoms with Crippen molar-refractivity contribution in [2.45, 2.75) is 45.2 Å². The van der Waals surface area contributed by atoms with Crippen molar-refractivity contribution in [3.63, 3.8) is 0 Å². The molecule has 1 aromatic carbocycles. The van der Waals surface area contributed by atoms with Crippen LogP contribution >= 0.6 is 0 Å². The second-order valence-corrected chi connectivity index (χ2v) is 5.49. The molecule has 1 aliphatic heterocycles. The monoisotopic (exact) mass is 246 g/mol. The molecule has 2 nitrogen and oxygen atoms in total. The quantitative estimate of drug-likeness (QED) is 0.830. The van der Waals surface area contributed by atoms with Crippen molar-refractivity contribution in [3.05, 3.63) is 35.4 Å². The highest BCUT2D eigenvalue weighted by atomic mass is 15.1. The topological polar surface area (TPSA) is 15.3 Å². The van der Waals surface area contributed by atoms with Gasteiger partial charge in [0.1, 0.15) is 0 Å². The molecule has 1 heterocycles. The second-order valence-electron chi connectivity index (χ2n) is 5.49. The summed E-state index contributed by atoms with van der Waals surface area (Å²) in [5.74, 6) is 0. The van der Waals surface area contributed by atoms with E-state index < -0.39 is 0 Å². The van der Waals surface area contributed by atoms with E-state index in [1.165, 1.54) is 43.5 Å². The zero-order valence-electron chi connectivity index (χ0n) is 11.8. The number of aryl methyl sites for hydroxylation is 1. The zero-order valence-corrected chi connectivity index (χ0v) is 11.8. The molecule has 1 atom stereocenters. The summed E-state index contributed by atoms with van der Waals surface area (Å²) < 4.78 is 0. The van der Waals surface area contributed by atoms with E-state index in [-0.39, 0.29) is 0 Å². The maximum absolute atomic E-state index is 3.56. The molecule has 0 aliphatic carbocycles. The molecule has 0 bridgehead atoms. The highest BCUT2D eigenvalue weighted by Crippen LogP contribution is 2.11. The van der Waals surface area contributed by atoms with Crippen LogP contribution < -0.4 is 5.32 Å². The molecule has 1 saturated heterocycles. The van der Waals surface area contributed by atoms with Gasteiger partial charge in [-0.1, -0.05) is 31.2 Å². The first-order chi connectivity index (χ1) is 8.78. The van der Waals surface area contributed by atoms with E-state index in [0.29, 0.717) is 0 Å². The van der Waals surface area contributed by atoms with Gasteiger partial charge in [0.2, 0.25) is 0 Å². The van der Waals surface area contributed by atoms with Crippen molar-refractivity contribution >= 4 is 0 Å². The van der Waals surface area contributed by atoms with Crippen LogP contribution in [-0.4, -0.2) is 31.1 Å². The summed E-state index contributed by atoms with van der Waals surface area (Å²) in [4.78, 5) is 2.43. The van der Waals surface area contributed by atoms with Gasteiger partial charge >= 0.3 is 0 Å². The number of nitrogens with zero attached hydrogens (tertiary/aromatic N) is 1.